The molecule has 0 saturated heterocycles. The quantitative estimate of drug-likeness (QED) is 0.112. The van der Waals surface area contributed by atoms with Crippen LogP contribution in [0.3, 0.4) is 0 Å². The number of rotatable bonds is 12. The summed E-state index contributed by atoms with van der Waals surface area (Å²) in [6.45, 7) is 0. The first kappa shape index (κ1) is 81.4. The maximum absolute atomic E-state index is 6.41. The number of thiophene rings is 1. The van der Waals surface area contributed by atoms with E-state index in [1.54, 1.807) is 0 Å². The van der Waals surface area contributed by atoms with E-state index < -0.39 is 0 Å². The zero-order valence-electron chi connectivity index (χ0n) is 76.3. The molecular weight excluding hydrogens is 1710 g/mol. The van der Waals surface area contributed by atoms with Gasteiger partial charge in [-0.2, -0.15) is 0 Å². The lowest BCUT2D eigenvalue weighted by molar-refractivity contribution is 0.669. The summed E-state index contributed by atoms with van der Waals surface area (Å²) in [5, 5.41) is 20.1. The molecular formula is C134H86N4OS. The molecule has 0 atom stereocenters. The fourth-order valence-electron chi connectivity index (χ4n) is 21.8. The van der Waals surface area contributed by atoms with Gasteiger partial charge in [0.25, 0.3) is 0 Å². The van der Waals surface area contributed by atoms with Crippen LogP contribution in [-0.2, 0) is 0 Å². The van der Waals surface area contributed by atoms with Crippen molar-refractivity contribution in [3.05, 3.63) is 522 Å². The molecule has 0 radical (unpaired) electrons. The lowest BCUT2D eigenvalue weighted by Gasteiger charge is -2.11. The Balaban J connectivity index is 0.000000106. The molecule has 6 heteroatoms. The maximum Gasteiger partial charge on any atom is 0.136 e. The molecule has 6 heterocycles. The summed E-state index contributed by atoms with van der Waals surface area (Å²) in [4.78, 5) is 0. The van der Waals surface area contributed by atoms with Gasteiger partial charge in [-0.1, -0.05) is 358 Å². The van der Waals surface area contributed by atoms with Crippen molar-refractivity contribution in [1.82, 2.24) is 18.3 Å². The first-order valence-electron chi connectivity index (χ1n) is 48.0. The van der Waals surface area contributed by atoms with Crippen molar-refractivity contribution in [2.75, 3.05) is 0 Å². The molecule has 6 aromatic heterocycles. The Bertz CT molecular complexity index is 9890. The van der Waals surface area contributed by atoms with E-state index in [9.17, 15) is 0 Å². The van der Waals surface area contributed by atoms with E-state index in [0.717, 1.165) is 27.6 Å². The summed E-state index contributed by atoms with van der Waals surface area (Å²) in [5.74, 6) is 0. The van der Waals surface area contributed by atoms with Crippen LogP contribution in [0.1, 0.15) is 0 Å². The molecule has 29 rings (SSSR count). The van der Waals surface area contributed by atoms with Crippen molar-refractivity contribution in [3.8, 4) is 112 Å². The Kier molecular flexibility index (Phi) is 19.8. The Morgan fingerprint density at radius 2 is 0.429 bits per heavy atom. The minimum Gasteiger partial charge on any atom is -0.456 e. The molecule has 654 valence electrons. The fraction of sp³-hybridized carbons (Fsp3) is 0. The van der Waals surface area contributed by atoms with Crippen LogP contribution in [-0.4, -0.2) is 18.3 Å². The number of para-hydroxylation sites is 5. The average molecular weight is 1800 g/mol. The van der Waals surface area contributed by atoms with E-state index >= 15 is 0 Å². The molecule has 0 aliphatic rings. The van der Waals surface area contributed by atoms with Gasteiger partial charge in [0.05, 0.1) is 44.1 Å². The summed E-state index contributed by atoms with van der Waals surface area (Å²) in [7, 11) is 0. The third-order valence-electron chi connectivity index (χ3n) is 28.5. The van der Waals surface area contributed by atoms with Gasteiger partial charge in [0.15, 0.2) is 0 Å². The Labute approximate surface area is 812 Å². The SMILES string of the molecule is c1ccc(-c2ccc(-c3cccc4oc5ccc(-c6ccc7c(c6)c6ccccc6n7-c6ccc(-c7ccccc7)cc6)cc5c34)cc2)cc1.c1ccc(-c2ccc(-n3c4ccccc4c4cc(-c5ccc6sc7ccc(-c8ccccc8)cc7c6c5)ccc43)cc2)cc1.c1ccc(-n2c3ccccc3c3cc(-c4ccc5c(c4)c4ccccc4n5-c4ccc5c(ccc6ccccc65)c4)ccc32)cc1. The number of aromatic nitrogens is 4. The summed E-state index contributed by atoms with van der Waals surface area (Å²) >= 11 is 1.87. The third-order valence-corrected chi connectivity index (χ3v) is 29.7. The standard InChI is InChI=1S/C48H31NO.C44H28N2.C42H27NS/c1-3-10-32(11-4-1)34-18-20-36(21-19-34)40-15-9-17-47-48(40)43-31-38(25-29-46(43)50-47)37-24-28-45-42(30-37)41-14-7-8-16-44(41)49(45)39-26-22-35(23-27-39)33-12-5-2-6-13-33;1-2-11-33(12-3-1)45-41-16-8-6-14-37(41)39-27-30(20-24-43(39)45)31-21-25-44-40(28-31)38-15-7-9-17-42(38)46(44)34-22-23-36-32(26-34)19-18-29-10-4-5-13-35(29)36;1-3-9-28(10-4-1)30-15-20-34(21-16-30)43-39-14-8-7-13-35(39)36-25-32(17-22-40(36)43)33-19-24-42-38(27-33)37-26-31(18-23-41(37)44-42)29-11-5-2-6-12-29/h1-31H;1-28H;1-27H. The molecule has 0 aliphatic heterocycles. The van der Waals surface area contributed by atoms with Crippen molar-refractivity contribution in [3.63, 3.8) is 0 Å². The van der Waals surface area contributed by atoms with Gasteiger partial charge < -0.3 is 22.7 Å². The topological polar surface area (TPSA) is 32.9 Å². The Morgan fingerprint density at radius 3 is 0.864 bits per heavy atom. The molecule has 0 N–H and O–H groups in total. The number of fused-ring (bicyclic) bond motifs is 21. The molecule has 5 nitrogen and oxygen atoms in total. The predicted octanol–water partition coefficient (Wildman–Crippen LogP) is 37.4. The van der Waals surface area contributed by atoms with E-state index in [1.165, 1.54) is 235 Å². The second-order valence-electron chi connectivity index (χ2n) is 36.5. The van der Waals surface area contributed by atoms with Crippen LogP contribution >= 0.6 is 11.3 Å². The first-order chi connectivity index (χ1) is 69.4. The molecule has 0 spiro atoms. The van der Waals surface area contributed by atoms with E-state index in [4.69, 9.17) is 4.42 Å². The normalized spacial score (nSPS) is 11.7. The highest BCUT2D eigenvalue weighted by atomic mass is 32.1. The van der Waals surface area contributed by atoms with Crippen molar-refractivity contribution >= 4 is 162 Å². The molecule has 0 fully saturated rings. The Hall–Kier alpha value is -18.2. The zero-order chi connectivity index (χ0) is 92.2. The summed E-state index contributed by atoms with van der Waals surface area (Å²) < 4.78 is 18.6. The Morgan fingerprint density at radius 1 is 0.143 bits per heavy atom. The molecule has 23 aromatic carbocycles. The van der Waals surface area contributed by atoms with Crippen LogP contribution in [0.4, 0.5) is 0 Å². The third kappa shape index (κ3) is 14.1. The number of furan rings is 1. The zero-order valence-corrected chi connectivity index (χ0v) is 77.1. The number of benzene rings is 23. The highest BCUT2D eigenvalue weighted by Gasteiger charge is 2.23. The molecule has 0 saturated carbocycles. The van der Waals surface area contributed by atoms with Crippen LogP contribution in [0.2, 0.25) is 0 Å². The minimum atomic E-state index is 0.897. The van der Waals surface area contributed by atoms with E-state index in [-0.39, 0.29) is 0 Å². The van der Waals surface area contributed by atoms with Crippen LogP contribution in [0.5, 0.6) is 0 Å². The molecule has 0 aliphatic carbocycles. The summed E-state index contributed by atoms with van der Waals surface area (Å²) in [5.41, 5.74) is 35.7. The van der Waals surface area contributed by atoms with Crippen molar-refractivity contribution < 1.29 is 4.42 Å². The largest absolute Gasteiger partial charge is 0.456 e. The lowest BCUT2D eigenvalue weighted by atomic mass is 9.95. The second kappa shape index (κ2) is 34.0. The smallest absolute Gasteiger partial charge is 0.136 e. The van der Waals surface area contributed by atoms with Gasteiger partial charge in [0.1, 0.15) is 11.2 Å². The van der Waals surface area contributed by atoms with Gasteiger partial charge in [-0.3, -0.25) is 0 Å². The van der Waals surface area contributed by atoms with Crippen molar-refractivity contribution in [2.45, 2.75) is 0 Å². The summed E-state index contributed by atoms with van der Waals surface area (Å²) in [6.07, 6.45) is 0. The van der Waals surface area contributed by atoms with Crippen LogP contribution in [0, 0.1) is 0 Å². The highest BCUT2D eigenvalue weighted by molar-refractivity contribution is 7.25. The van der Waals surface area contributed by atoms with Gasteiger partial charge in [-0.05, 0) is 274 Å². The molecule has 29 aromatic rings. The summed E-state index contributed by atoms with van der Waals surface area (Å²) in [6, 6.07) is 189. The molecule has 0 unspecified atom stereocenters. The van der Waals surface area contributed by atoms with E-state index in [1.807, 2.05) is 11.3 Å². The fourth-order valence-corrected chi connectivity index (χ4v) is 22.9. The van der Waals surface area contributed by atoms with Crippen LogP contribution in [0.25, 0.3) is 263 Å². The van der Waals surface area contributed by atoms with Gasteiger partial charge in [0, 0.05) is 96.8 Å². The van der Waals surface area contributed by atoms with Gasteiger partial charge in [-0.15, -0.1) is 11.3 Å². The van der Waals surface area contributed by atoms with E-state index in [2.05, 4.69) is 540 Å². The number of nitrogens with zero attached hydrogens (tertiary/aromatic N) is 4. The van der Waals surface area contributed by atoms with E-state index in [0.29, 0.717) is 0 Å². The van der Waals surface area contributed by atoms with Crippen LogP contribution < -0.4 is 0 Å². The van der Waals surface area contributed by atoms with Crippen molar-refractivity contribution in [2.24, 2.45) is 0 Å². The number of hydrogen-bond acceptors (Lipinski definition) is 2. The lowest BCUT2D eigenvalue weighted by Crippen LogP contribution is -1.94. The predicted molar refractivity (Wildman–Crippen MR) is 595 cm³/mol. The van der Waals surface area contributed by atoms with Gasteiger partial charge in [-0.25, -0.2) is 0 Å². The van der Waals surface area contributed by atoms with Crippen LogP contribution in [0.15, 0.2) is 526 Å². The van der Waals surface area contributed by atoms with Crippen molar-refractivity contribution in [1.29, 1.82) is 0 Å². The number of hydrogen-bond donors (Lipinski definition) is 0. The average Bonchev–Trinajstić information content (AvgIpc) is 1.57. The molecule has 0 bridgehead atoms. The molecule has 140 heavy (non-hydrogen) atoms. The molecule has 0 amide bonds. The minimum absolute atomic E-state index is 0.897. The second-order valence-corrected chi connectivity index (χ2v) is 37.6. The highest BCUT2D eigenvalue weighted by Crippen LogP contribution is 2.47. The monoisotopic (exact) mass is 1800 g/mol. The van der Waals surface area contributed by atoms with Gasteiger partial charge in [0.2, 0.25) is 0 Å². The first-order valence-corrected chi connectivity index (χ1v) is 48.8. The maximum atomic E-state index is 6.41. The van der Waals surface area contributed by atoms with Gasteiger partial charge >= 0.3 is 0 Å².